The number of nitrogens with zero attached hydrogens (tertiary/aromatic N) is 4. The number of fused-ring (bicyclic) bond motifs is 1. The van der Waals surface area contributed by atoms with Crippen LogP contribution < -0.4 is 5.56 Å². The Labute approximate surface area is 137 Å². The lowest BCUT2D eigenvalue weighted by Crippen LogP contribution is -2.18. The van der Waals surface area contributed by atoms with Crippen LogP contribution in [0.15, 0.2) is 52.5 Å². The standard InChI is InChI=1S/C16H16N4O2S/c21-16-14-6-2-1-5-12(14)9-18-20(16)23-13-10-17-19(11-13)15-7-3-4-8-22-15/h1-2,5-6,9-11,15H,3-4,7-8H2. The molecule has 1 aliphatic rings. The molecule has 0 saturated carbocycles. The van der Waals surface area contributed by atoms with E-state index in [1.165, 1.54) is 16.0 Å². The highest BCUT2D eigenvalue weighted by atomic mass is 32.2. The number of rotatable bonds is 3. The zero-order valence-electron chi connectivity index (χ0n) is 12.5. The van der Waals surface area contributed by atoms with Crippen LogP contribution in [0.1, 0.15) is 25.5 Å². The largest absolute Gasteiger partial charge is 0.357 e. The van der Waals surface area contributed by atoms with Crippen molar-refractivity contribution in [3.05, 3.63) is 53.2 Å². The van der Waals surface area contributed by atoms with E-state index in [-0.39, 0.29) is 11.8 Å². The van der Waals surface area contributed by atoms with Crippen LogP contribution in [0.5, 0.6) is 0 Å². The molecule has 0 amide bonds. The maximum Gasteiger partial charge on any atom is 0.285 e. The van der Waals surface area contributed by atoms with Crippen molar-refractivity contribution < 1.29 is 4.74 Å². The molecule has 4 rings (SSSR count). The molecule has 7 heteroatoms. The molecule has 118 valence electrons. The molecule has 23 heavy (non-hydrogen) atoms. The van der Waals surface area contributed by atoms with Gasteiger partial charge in [-0.1, -0.05) is 18.2 Å². The summed E-state index contributed by atoms with van der Waals surface area (Å²) in [6, 6.07) is 7.46. The van der Waals surface area contributed by atoms with Crippen LogP contribution in [0.2, 0.25) is 0 Å². The van der Waals surface area contributed by atoms with E-state index >= 15 is 0 Å². The third-order valence-corrected chi connectivity index (χ3v) is 4.74. The van der Waals surface area contributed by atoms with Gasteiger partial charge in [0.05, 0.1) is 22.7 Å². The number of aromatic nitrogens is 4. The third kappa shape index (κ3) is 2.89. The van der Waals surface area contributed by atoms with E-state index < -0.39 is 0 Å². The van der Waals surface area contributed by atoms with Gasteiger partial charge in [0.2, 0.25) is 0 Å². The van der Waals surface area contributed by atoms with Crippen LogP contribution in [0.4, 0.5) is 0 Å². The Morgan fingerprint density at radius 1 is 1.17 bits per heavy atom. The molecule has 6 nitrogen and oxygen atoms in total. The number of ether oxygens (including phenoxy) is 1. The van der Waals surface area contributed by atoms with Crippen LogP contribution >= 0.6 is 11.9 Å². The predicted molar refractivity (Wildman–Crippen MR) is 88.3 cm³/mol. The van der Waals surface area contributed by atoms with Crippen LogP contribution in [0, 0.1) is 0 Å². The van der Waals surface area contributed by atoms with Gasteiger partial charge in [0.15, 0.2) is 0 Å². The Balaban J connectivity index is 1.60. The topological polar surface area (TPSA) is 61.9 Å². The minimum absolute atomic E-state index is 0.000570. The fraction of sp³-hybridized carbons (Fsp3) is 0.312. The van der Waals surface area contributed by atoms with Crippen molar-refractivity contribution in [2.75, 3.05) is 6.61 Å². The quantitative estimate of drug-likeness (QED) is 0.740. The highest BCUT2D eigenvalue weighted by molar-refractivity contribution is 7.97. The molecular formula is C16H16N4O2S. The predicted octanol–water partition coefficient (Wildman–Crippen LogP) is 2.85. The fourth-order valence-corrected chi connectivity index (χ4v) is 3.42. The SMILES string of the molecule is O=c1c2ccccc2cnn1Sc1cnn(C2CCCCO2)c1. The van der Waals surface area contributed by atoms with E-state index in [0.29, 0.717) is 5.39 Å². The Morgan fingerprint density at radius 2 is 2.09 bits per heavy atom. The summed E-state index contributed by atoms with van der Waals surface area (Å²) in [6.45, 7) is 0.776. The number of benzene rings is 1. The molecule has 3 aromatic rings. The number of hydrogen-bond acceptors (Lipinski definition) is 5. The van der Waals surface area contributed by atoms with Crippen molar-refractivity contribution in [3.63, 3.8) is 0 Å². The van der Waals surface area contributed by atoms with Crippen LogP contribution in [0.25, 0.3) is 10.8 Å². The van der Waals surface area contributed by atoms with E-state index in [9.17, 15) is 4.79 Å². The Bertz CT molecular complexity index is 883. The van der Waals surface area contributed by atoms with Gasteiger partial charge in [-0.3, -0.25) is 4.79 Å². The number of hydrogen-bond donors (Lipinski definition) is 0. The first-order chi connectivity index (χ1) is 11.3. The van der Waals surface area contributed by atoms with Crippen molar-refractivity contribution in [2.45, 2.75) is 30.4 Å². The third-order valence-electron chi connectivity index (χ3n) is 3.89. The van der Waals surface area contributed by atoms with Gasteiger partial charge >= 0.3 is 0 Å². The summed E-state index contributed by atoms with van der Waals surface area (Å²) in [5, 5.41) is 10.1. The van der Waals surface area contributed by atoms with Gasteiger partial charge in [-0.05, 0) is 25.3 Å². The van der Waals surface area contributed by atoms with E-state index in [4.69, 9.17) is 4.74 Å². The zero-order chi connectivity index (χ0) is 15.6. The van der Waals surface area contributed by atoms with Crippen LogP contribution in [-0.4, -0.2) is 25.6 Å². The van der Waals surface area contributed by atoms with Crippen molar-refractivity contribution in [2.24, 2.45) is 0 Å². The summed E-state index contributed by atoms with van der Waals surface area (Å²) in [4.78, 5) is 13.3. The van der Waals surface area contributed by atoms with Gasteiger partial charge in [-0.15, -0.1) is 0 Å². The average Bonchev–Trinajstić information content (AvgIpc) is 3.07. The first-order valence-electron chi connectivity index (χ1n) is 7.62. The minimum atomic E-state index is -0.116. The molecule has 0 aliphatic carbocycles. The molecule has 1 aromatic carbocycles. The summed E-state index contributed by atoms with van der Waals surface area (Å²) in [5.74, 6) is 0. The Kier molecular flexibility index (Phi) is 3.88. The summed E-state index contributed by atoms with van der Waals surface area (Å²) >= 11 is 1.27. The lowest BCUT2D eigenvalue weighted by Gasteiger charge is -2.22. The molecule has 0 bridgehead atoms. The molecule has 3 heterocycles. The van der Waals surface area contributed by atoms with E-state index in [2.05, 4.69) is 10.2 Å². The smallest absolute Gasteiger partial charge is 0.285 e. The maximum atomic E-state index is 12.5. The lowest BCUT2D eigenvalue weighted by atomic mass is 10.2. The molecule has 1 aliphatic heterocycles. The minimum Gasteiger partial charge on any atom is -0.357 e. The van der Waals surface area contributed by atoms with E-state index in [1.54, 1.807) is 12.4 Å². The lowest BCUT2D eigenvalue weighted by molar-refractivity contribution is -0.0396. The summed E-state index contributed by atoms with van der Waals surface area (Å²) in [5.41, 5.74) is -0.116. The van der Waals surface area contributed by atoms with Gasteiger partial charge in [0, 0.05) is 30.1 Å². The Morgan fingerprint density at radius 3 is 2.96 bits per heavy atom. The van der Waals surface area contributed by atoms with E-state index in [0.717, 1.165) is 36.2 Å². The van der Waals surface area contributed by atoms with Gasteiger partial charge < -0.3 is 4.74 Å². The maximum absolute atomic E-state index is 12.5. The summed E-state index contributed by atoms with van der Waals surface area (Å²) < 4.78 is 8.94. The average molecular weight is 328 g/mol. The summed E-state index contributed by atoms with van der Waals surface area (Å²) in [6.07, 6.45) is 8.59. The van der Waals surface area contributed by atoms with Gasteiger partial charge in [0.25, 0.3) is 5.56 Å². The van der Waals surface area contributed by atoms with Crippen molar-refractivity contribution >= 4 is 22.7 Å². The Hall–Kier alpha value is -2.12. The highest BCUT2D eigenvalue weighted by Gasteiger charge is 2.17. The molecule has 0 radical (unpaired) electrons. The molecular weight excluding hydrogens is 312 g/mol. The molecule has 0 spiro atoms. The molecule has 1 atom stereocenters. The molecule has 2 aromatic heterocycles. The first kappa shape index (κ1) is 14.5. The first-order valence-corrected chi connectivity index (χ1v) is 8.40. The van der Waals surface area contributed by atoms with Gasteiger partial charge in [-0.25, -0.2) is 4.68 Å². The van der Waals surface area contributed by atoms with Crippen LogP contribution in [0.3, 0.4) is 0 Å². The normalized spacial score (nSPS) is 18.3. The van der Waals surface area contributed by atoms with Crippen molar-refractivity contribution in [3.8, 4) is 0 Å². The molecule has 1 unspecified atom stereocenters. The second-order valence-electron chi connectivity index (χ2n) is 5.48. The second kappa shape index (κ2) is 6.17. The van der Waals surface area contributed by atoms with Crippen molar-refractivity contribution in [1.29, 1.82) is 0 Å². The van der Waals surface area contributed by atoms with E-state index in [1.807, 2.05) is 35.1 Å². The molecule has 1 saturated heterocycles. The molecule has 0 N–H and O–H groups in total. The summed E-state index contributed by atoms with van der Waals surface area (Å²) in [7, 11) is 0. The fourth-order valence-electron chi connectivity index (χ4n) is 2.70. The second-order valence-corrected chi connectivity index (χ2v) is 6.48. The van der Waals surface area contributed by atoms with Gasteiger partial charge in [-0.2, -0.15) is 14.3 Å². The molecule has 1 fully saturated rings. The van der Waals surface area contributed by atoms with Gasteiger partial charge in [0.1, 0.15) is 6.23 Å². The zero-order valence-corrected chi connectivity index (χ0v) is 13.3. The van der Waals surface area contributed by atoms with Crippen molar-refractivity contribution in [1.82, 2.24) is 19.0 Å². The highest BCUT2D eigenvalue weighted by Crippen LogP contribution is 2.24. The monoisotopic (exact) mass is 328 g/mol. The van der Waals surface area contributed by atoms with Crippen LogP contribution in [-0.2, 0) is 4.74 Å².